The van der Waals surface area contributed by atoms with Crippen LogP contribution >= 0.6 is 0 Å². The summed E-state index contributed by atoms with van der Waals surface area (Å²) in [7, 11) is -7.58. The summed E-state index contributed by atoms with van der Waals surface area (Å²) in [6.07, 6.45) is -3.38. The summed E-state index contributed by atoms with van der Waals surface area (Å²) in [5, 5.41) is 0. The van der Waals surface area contributed by atoms with Crippen LogP contribution in [0.2, 0.25) is 0 Å². The maximum Gasteiger partial charge on any atom is 0.393 e. The van der Waals surface area contributed by atoms with E-state index in [1.807, 2.05) is 0 Å². The number of nitrogens with zero attached hydrogens (tertiary/aromatic N) is 3. The van der Waals surface area contributed by atoms with E-state index in [1.54, 1.807) is 12.1 Å². The Kier molecular flexibility index (Phi) is 7.15. The molecule has 0 bridgehead atoms. The van der Waals surface area contributed by atoms with Crippen molar-refractivity contribution < 1.29 is 34.7 Å². The lowest BCUT2D eigenvalue weighted by Crippen LogP contribution is -2.55. The lowest BCUT2D eigenvalue weighted by atomic mass is 9.90. The monoisotopic (exact) mass is 486 g/mol. The molecule has 2 aliphatic rings. The van der Waals surface area contributed by atoms with Crippen molar-refractivity contribution in [2.45, 2.75) is 19.1 Å². The molecule has 0 amide bonds. The molecular formula is C17H25F3N4O5S2. The molecule has 0 spiro atoms. The van der Waals surface area contributed by atoms with Crippen LogP contribution in [0, 0.1) is 11.8 Å². The molecule has 0 unspecified atom stereocenters. The van der Waals surface area contributed by atoms with Gasteiger partial charge in [0.05, 0.1) is 24.0 Å². The number of hydrogen-bond acceptors (Lipinski definition) is 7. The van der Waals surface area contributed by atoms with Gasteiger partial charge in [-0.15, -0.1) is 0 Å². The fourth-order valence-electron chi connectivity index (χ4n) is 3.66. The SMILES string of the molecule is NCc1ccnc(OC[C@H]2C[C@@H](C(F)(F)F)CN(S(=O)(=O)N3CCS(=O)(=O)CC3)C2)c1. The number of alkyl halides is 3. The van der Waals surface area contributed by atoms with Gasteiger partial charge >= 0.3 is 6.18 Å². The predicted octanol–water partition coefficient (Wildman–Crippen LogP) is 0.395. The van der Waals surface area contributed by atoms with Crippen molar-refractivity contribution in [2.75, 3.05) is 44.3 Å². The van der Waals surface area contributed by atoms with Crippen LogP contribution in [0.25, 0.3) is 0 Å². The van der Waals surface area contributed by atoms with Crippen LogP contribution in [-0.2, 0) is 26.6 Å². The first-order valence-corrected chi connectivity index (χ1v) is 12.9. The van der Waals surface area contributed by atoms with Gasteiger partial charge in [-0.25, -0.2) is 13.4 Å². The van der Waals surface area contributed by atoms with Gasteiger partial charge in [-0.2, -0.15) is 30.2 Å². The van der Waals surface area contributed by atoms with Crippen LogP contribution in [0.15, 0.2) is 18.3 Å². The van der Waals surface area contributed by atoms with Crippen molar-refractivity contribution in [3.05, 3.63) is 23.9 Å². The van der Waals surface area contributed by atoms with E-state index in [1.165, 1.54) is 6.20 Å². The van der Waals surface area contributed by atoms with E-state index in [-0.39, 0.29) is 56.6 Å². The maximum absolute atomic E-state index is 13.5. The van der Waals surface area contributed by atoms with Crippen LogP contribution < -0.4 is 10.5 Å². The summed E-state index contributed by atoms with van der Waals surface area (Å²) < 4.78 is 96.8. The van der Waals surface area contributed by atoms with E-state index in [0.717, 1.165) is 14.2 Å². The van der Waals surface area contributed by atoms with Gasteiger partial charge < -0.3 is 10.5 Å². The summed E-state index contributed by atoms with van der Waals surface area (Å²) in [6.45, 7) is -1.30. The topological polar surface area (TPSA) is 123 Å². The average molecular weight is 487 g/mol. The molecule has 2 saturated heterocycles. The Balaban J connectivity index is 1.74. The number of hydrogen-bond donors (Lipinski definition) is 1. The first kappa shape index (κ1) is 24.2. The highest BCUT2D eigenvalue weighted by Gasteiger charge is 2.48. The Bertz CT molecular complexity index is 974. The molecule has 0 aliphatic carbocycles. The summed E-state index contributed by atoms with van der Waals surface area (Å²) >= 11 is 0. The quantitative estimate of drug-likeness (QED) is 0.617. The minimum absolute atomic E-state index is 0.145. The van der Waals surface area contributed by atoms with E-state index in [9.17, 15) is 30.0 Å². The van der Waals surface area contributed by atoms with E-state index in [0.29, 0.717) is 0 Å². The van der Waals surface area contributed by atoms with E-state index >= 15 is 0 Å². The third kappa shape index (κ3) is 6.06. The number of halogens is 3. The van der Waals surface area contributed by atoms with Crippen molar-refractivity contribution >= 4 is 20.0 Å². The first-order valence-electron chi connectivity index (χ1n) is 9.71. The largest absolute Gasteiger partial charge is 0.477 e. The van der Waals surface area contributed by atoms with Gasteiger partial charge in [0, 0.05) is 50.9 Å². The summed E-state index contributed by atoms with van der Waals surface area (Å²) in [6, 6.07) is 3.26. The molecular weight excluding hydrogens is 461 g/mol. The van der Waals surface area contributed by atoms with Gasteiger partial charge in [-0.05, 0) is 18.1 Å². The van der Waals surface area contributed by atoms with Gasteiger partial charge in [0.2, 0.25) is 5.88 Å². The van der Waals surface area contributed by atoms with Gasteiger partial charge in [-0.1, -0.05) is 0 Å². The lowest BCUT2D eigenvalue weighted by Gasteiger charge is -2.40. The Labute approximate surface area is 179 Å². The molecule has 1 aromatic heterocycles. The minimum Gasteiger partial charge on any atom is -0.477 e. The fourth-order valence-corrected chi connectivity index (χ4v) is 6.83. The number of nitrogens with two attached hydrogens (primary N) is 1. The van der Waals surface area contributed by atoms with Crippen LogP contribution in [-0.4, -0.2) is 80.9 Å². The normalized spacial score (nSPS) is 25.9. The molecule has 176 valence electrons. The van der Waals surface area contributed by atoms with Crippen LogP contribution in [0.4, 0.5) is 13.2 Å². The number of rotatable bonds is 6. The fraction of sp³-hybridized carbons (Fsp3) is 0.706. The molecule has 0 radical (unpaired) electrons. The molecule has 9 nitrogen and oxygen atoms in total. The Morgan fingerprint density at radius 3 is 2.48 bits per heavy atom. The summed E-state index contributed by atoms with van der Waals surface area (Å²) in [5.41, 5.74) is 6.30. The number of aromatic nitrogens is 1. The zero-order chi connectivity index (χ0) is 22.9. The summed E-state index contributed by atoms with van der Waals surface area (Å²) in [5.74, 6) is -3.06. The molecule has 2 atom stereocenters. The highest BCUT2D eigenvalue weighted by atomic mass is 32.2. The molecule has 2 fully saturated rings. The molecule has 2 aliphatic heterocycles. The second-order valence-electron chi connectivity index (χ2n) is 7.73. The molecule has 31 heavy (non-hydrogen) atoms. The van der Waals surface area contributed by atoms with E-state index in [2.05, 4.69) is 4.98 Å². The number of ether oxygens (including phenoxy) is 1. The van der Waals surface area contributed by atoms with Crippen molar-refractivity contribution in [3.63, 3.8) is 0 Å². The van der Waals surface area contributed by atoms with E-state index < -0.39 is 44.6 Å². The van der Waals surface area contributed by atoms with Crippen LogP contribution in [0.3, 0.4) is 0 Å². The minimum atomic E-state index is -4.57. The third-order valence-corrected chi connectivity index (χ3v) is 9.00. The van der Waals surface area contributed by atoms with Crippen molar-refractivity contribution in [1.29, 1.82) is 0 Å². The van der Waals surface area contributed by atoms with Gasteiger partial charge in [0.15, 0.2) is 9.84 Å². The van der Waals surface area contributed by atoms with Crippen molar-refractivity contribution in [1.82, 2.24) is 13.6 Å². The molecule has 2 N–H and O–H groups in total. The van der Waals surface area contributed by atoms with Gasteiger partial charge in [0.25, 0.3) is 10.2 Å². The zero-order valence-corrected chi connectivity index (χ0v) is 18.3. The second kappa shape index (κ2) is 9.17. The lowest BCUT2D eigenvalue weighted by molar-refractivity contribution is -0.188. The Morgan fingerprint density at radius 1 is 1.19 bits per heavy atom. The smallest absolute Gasteiger partial charge is 0.393 e. The standard InChI is InChI=1S/C17H25F3N4O5S2/c18-17(19,20)15-7-14(12-29-16-8-13(9-21)1-2-22-16)10-24(11-15)31(27,28)23-3-5-30(25,26)6-4-23/h1-2,8,14-15H,3-7,9-12,21H2/t14-,15+/m0/s1. The van der Waals surface area contributed by atoms with Crippen molar-refractivity contribution in [2.24, 2.45) is 17.6 Å². The molecule has 3 rings (SSSR count). The maximum atomic E-state index is 13.5. The Hall–Kier alpha value is -1.48. The molecule has 0 aromatic carbocycles. The second-order valence-corrected chi connectivity index (χ2v) is 12.0. The van der Waals surface area contributed by atoms with Crippen LogP contribution in [0.5, 0.6) is 5.88 Å². The molecule has 3 heterocycles. The average Bonchev–Trinajstić information content (AvgIpc) is 2.71. The van der Waals surface area contributed by atoms with Crippen molar-refractivity contribution in [3.8, 4) is 5.88 Å². The highest BCUT2D eigenvalue weighted by molar-refractivity contribution is 7.91. The summed E-state index contributed by atoms with van der Waals surface area (Å²) in [4.78, 5) is 4.00. The predicted molar refractivity (Wildman–Crippen MR) is 106 cm³/mol. The number of sulfone groups is 1. The number of pyridine rings is 1. The van der Waals surface area contributed by atoms with Crippen LogP contribution in [0.1, 0.15) is 12.0 Å². The highest BCUT2D eigenvalue weighted by Crippen LogP contribution is 2.37. The number of piperidine rings is 1. The van der Waals surface area contributed by atoms with E-state index in [4.69, 9.17) is 10.5 Å². The molecule has 0 saturated carbocycles. The van der Waals surface area contributed by atoms with Gasteiger partial charge in [-0.3, -0.25) is 0 Å². The third-order valence-electron chi connectivity index (χ3n) is 5.42. The van der Waals surface area contributed by atoms with Gasteiger partial charge in [0.1, 0.15) is 0 Å². The Morgan fingerprint density at radius 2 is 1.87 bits per heavy atom. The first-order chi connectivity index (χ1) is 14.4. The molecule has 1 aromatic rings. The zero-order valence-electron chi connectivity index (χ0n) is 16.7. The molecule has 14 heteroatoms.